The van der Waals surface area contributed by atoms with Crippen molar-refractivity contribution in [3.8, 4) is 0 Å². The number of nitrogens with zero attached hydrogens (tertiary/aromatic N) is 1. The fourth-order valence-corrected chi connectivity index (χ4v) is 2.87. The predicted octanol–water partition coefficient (Wildman–Crippen LogP) is 1.51. The number of benzene rings is 1. The number of nitrogens with one attached hydrogen (secondary N) is 1. The zero-order valence-corrected chi connectivity index (χ0v) is 8.93. The summed E-state index contributed by atoms with van der Waals surface area (Å²) < 4.78 is 1.17. The summed E-state index contributed by atoms with van der Waals surface area (Å²) in [4.78, 5) is 15.8. The van der Waals surface area contributed by atoms with Crippen LogP contribution in [0.2, 0.25) is 0 Å². The Labute approximate surface area is 91.1 Å². The van der Waals surface area contributed by atoms with Gasteiger partial charge in [-0.25, -0.2) is 4.98 Å². The van der Waals surface area contributed by atoms with Crippen LogP contribution in [0.1, 0.15) is 11.1 Å². The van der Waals surface area contributed by atoms with Gasteiger partial charge in [-0.15, -0.1) is 11.3 Å². The summed E-state index contributed by atoms with van der Waals surface area (Å²) in [7, 11) is 0. The first-order chi connectivity index (χ1) is 7.34. The molecule has 1 aliphatic heterocycles. The lowest BCUT2D eigenvalue weighted by molar-refractivity contribution is -0.120. The third-order valence-corrected chi connectivity index (χ3v) is 3.65. The smallest absolute Gasteiger partial charge is 0.224 e. The molecule has 0 fully saturated rings. The van der Waals surface area contributed by atoms with Crippen LogP contribution in [0, 0.1) is 0 Å². The van der Waals surface area contributed by atoms with E-state index in [4.69, 9.17) is 0 Å². The first kappa shape index (κ1) is 8.85. The van der Waals surface area contributed by atoms with Gasteiger partial charge in [0.15, 0.2) is 0 Å². The van der Waals surface area contributed by atoms with Gasteiger partial charge in [-0.1, -0.05) is 6.07 Å². The number of carbonyl (C=O) groups is 1. The van der Waals surface area contributed by atoms with E-state index < -0.39 is 0 Å². The molecule has 0 spiro atoms. The molecular weight excluding hydrogens is 208 g/mol. The Morgan fingerprint density at radius 1 is 1.40 bits per heavy atom. The molecule has 76 valence electrons. The highest BCUT2D eigenvalue weighted by Gasteiger charge is 2.16. The molecule has 4 heteroatoms. The van der Waals surface area contributed by atoms with Crippen LogP contribution in [0.25, 0.3) is 10.2 Å². The fourth-order valence-electron chi connectivity index (χ4n) is 2.01. The van der Waals surface area contributed by atoms with Crippen LogP contribution in [0.4, 0.5) is 0 Å². The van der Waals surface area contributed by atoms with E-state index in [1.54, 1.807) is 11.3 Å². The Hall–Kier alpha value is -1.42. The molecule has 2 heterocycles. The molecule has 0 unspecified atom stereocenters. The summed E-state index contributed by atoms with van der Waals surface area (Å²) >= 11 is 1.62. The van der Waals surface area contributed by atoms with Gasteiger partial charge in [0.1, 0.15) is 0 Å². The van der Waals surface area contributed by atoms with Crippen molar-refractivity contribution in [2.75, 3.05) is 6.54 Å². The van der Waals surface area contributed by atoms with Crippen molar-refractivity contribution in [1.29, 1.82) is 0 Å². The van der Waals surface area contributed by atoms with Gasteiger partial charge in [-0.3, -0.25) is 4.79 Å². The Kier molecular flexibility index (Phi) is 1.95. The second-order valence-electron chi connectivity index (χ2n) is 3.68. The number of rotatable bonds is 0. The first-order valence-corrected chi connectivity index (χ1v) is 5.83. The van der Waals surface area contributed by atoms with Gasteiger partial charge < -0.3 is 5.32 Å². The first-order valence-electron chi connectivity index (χ1n) is 4.95. The number of fused-ring (bicyclic) bond motifs is 3. The topological polar surface area (TPSA) is 42.0 Å². The number of amides is 1. The average molecular weight is 218 g/mol. The van der Waals surface area contributed by atoms with E-state index in [9.17, 15) is 4.79 Å². The van der Waals surface area contributed by atoms with Crippen LogP contribution >= 0.6 is 11.3 Å². The van der Waals surface area contributed by atoms with Gasteiger partial charge in [0.05, 0.1) is 22.1 Å². The Balaban J connectivity index is 2.26. The van der Waals surface area contributed by atoms with Gasteiger partial charge in [0.25, 0.3) is 0 Å². The largest absolute Gasteiger partial charge is 0.355 e. The third kappa shape index (κ3) is 1.41. The van der Waals surface area contributed by atoms with Gasteiger partial charge in [-0.05, 0) is 23.6 Å². The predicted molar refractivity (Wildman–Crippen MR) is 60.0 cm³/mol. The van der Waals surface area contributed by atoms with E-state index in [0.717, 1.165) is 18.5 Å². The van der Waals surface area contributed by atoms with Crippen LogP contribution in [0.15, 0.2) is 17.6 Å². The molecule has 15 heavy (non-hydrogen) atoms. The van der Waals surface area contributed by atoms with E-state index in [-0.39, 0.29) is 5.91 Å². The minimum absolute atomic E-state index is 0.120. The summed E-state index contributed by atoms with van der Waals surface area (Å²) in [6.07, 6.45) is 1.42. The summed E-state index contributed by atoms with van der Waals surface area (Å²) in [6, 6.07) is 4.14. The molecule has 0 saturated carbocycles. The minimum Gasteiger partial charge on any atom is -0.355 e. The number of hydrogen-bond donors (Lipinski definition) is 1. The van der Waals surface area contributed by atoms with Gasteiger partial charge in [0, 0.05) is 6.54 Å². The Morgan fingerprint density at radius 2 is 2.33 bits per heavy atom. The van der Waals surface area contributed by atoms with Crippen molar-refractivity contribution in [2.24, 2.45) is 0 Å². The molecule has 1 aromatic carbocycles. The molecule has 3 nitrogen and oxygen atoms in total. The lowest BCUT2D eigenvalue weighted by atomic mass is 10.0. The molecule has 0 radical (unpaired) electrons. The zero-order chi connectivity index (χ0) is 10.3. The minimum atomic E-state index is 0.120. The van der Waals surface area contributed by atoms with Crippen molar-refractivity contribution in [1.82, 2.24) is 10.3 Å². The number of hydrogen-bond acceptors (Lipinski definition) is 3. The number of aromatic nitrogens is 1. The van der Waals surface area contributed by atoms with Crippen molar-refractivity contribution in [3.63, 3.8) is 0 Å². The highest BCUT2D eigenvalue weighted by molar-refractivity contribution is 7.17. The average Bonchev–Trinajstić information content (AvgIpc) is 2.61. The molecule has 1 aromatic heterocycles. The fraction of sp³-hybridized carbons (Fsp3) is 0.273. The second kappa shape index (κ2) is 3.31. The summed E-state index contributed by atoms with van der Waals surface area (Å²) in [5.74, 6) is 0.120. The van der Waals surface area contributed by atoms with E-state index in [1.165, 1.54) is 15.8 Å². The highest BCUT2D eigenvalue weighted by Crippen LogP contribution is 2.27. The van der Waals surface area contributed by atoms with Crippen LogP contribution in [0.5, 0.6) is 0 Å². The van der Waals surface area contributed by atoms with Gasteiger partial charge >= 0.3 is 0 Å². The van der Waals surface area contributed by atoms with E-state index in [0.29, 0.717) is 6.42 Å². The van der Waals surface area contributed by atoms with Crippen LogP contribution in [0.3, 0.4) is 0 Å². The molecule has 1 aliphatic rings. The molecule has 0 aliphatic carbocycles. The highest BCUT2D eigenvalue weighted by atomic mass is 32.1. The van der Waals surface area contributed by atoms with Gasteiger partial charge in [0.2, 0.25) is 5.91 Å². The Bertz CT molecular complexity index is 532. The van der Waals surface area contributed by atoms with Crippen LogP contribution in [-0.2, 0) is 17.6 Å². The molecule has 1 N–H and O–H groups in total. The maximum absolute atomic E-state index is 11.5. The molecule has 0 atom stereocenters. The normalized spacial score (nSPS) is 15.9. The van der Waals surface area contributed by atoms with Crippen molar-refractivity contribution < 1.29 is 4.79 Å². The summed E-state index contributed by atoms with van der Waals surface area (Å²) in [5, 5.41) is 2.89. The lowest BCUT2D eigenvalue weighted by Gasteiger charge is -2.03. The molecule has 2 aromatic rings. The zero-order valence-electron chi connectivity index (χ0n) is 8.12. The summed E-state index contributed by atoms with van der Waals surface area (Å²) in [6.45, 7) is 0.746. The molecule has 0 bridgehead atoms. The van der Waals surface area contributed by atoms with Crippen molar-refractivity contribution in [2.45, 2.75) is 12.8 Å². The van der Waals surface area contributed by atoms with Crippen molar-refractivity contribution >= 4 is 27.5 Å². The van der Waals surface area contributed by atoms with Gasteiger partial charge in [-0.2, -0.15) is 0 Å². The third-order valence-electron chi connectivity index (χ3n) is 2.75. The summed E-state index contributed by atoms with van der Waals surface area (Å²) in [5.41, 5.74) is 5.30. The standard InChI is InChI=1S/C11H10N2OS/c14-10-5-8-7(3-4-12-10)1-2-9-11(8)15-6-13-9/h1-2,6H,3-5H2,(H,12,14). The maximum atomic E-state index is 11.5. The van der Waals surface area contributed by atoms with Crippen molar-refractivity contribution in [3.05, 3.63) is 28.8 Å². The van der Waals surface area contributed by atoms with E-state index >= 15 is 0 Å². The number of carbonyl (C=O) groups excluding carboxylic acids is 1. The van der Waals surface area contributed by atoms with E-state index in [1.807, 2.05) is 11.6 Å². The SMILES string of the molecule is O=C1Cc2c(ccc3ncsc23)CCN1. The maximum Gasteiger partial charge on any atom is 0.224 e. The lowest BCUT2D eigenvalue weighted by Crippen LogP contribution is -2.24. The quantitative estimate of drug-likeness (QED) is 0.728. The van der Waals surface area contributed by atoms with Crippen LogP contribution < -0.4 is 5.32 Å². The number of thiazole rings is 1. The van der Waals surface area contributed by atoms with Crippen LogP contribution in [-0.4, -0.2) is 17.4 Å². The van der Waals surface area contributed by atoms with E-state index in [2.05, 4.69) is 16.4 Å². The second-order valence-corrected chi connectivity index (χ2v) is 4.54. The molecule has 1 amide bonds. The monoisotopic (exact) mass is 218 g/mol. The Morgan fingerprint density at radius 3 is 3.27 bits per heavy atom. The molecular formula is C11H10N2OS. The molecule has 0 saturated heterocycles. The molecule has 3 rings (SSSR count).